The van der Waals surface area contributed by atoms with Crippen molar-refractivity contribution in [1.82, 2.24) is 4.98 Å². The van der Waals surface area contributed by atoms with E-state index in [0.717, 1.165) is 29.3 Å². The van der Waals surface area contributed by atoms with Crippen molar-refractivity contribution in [2.75, 3.05) is 29.0 Å². The largest absolute Gasteiger partial charge is 0.490 e. The third kappa shape index (κ3) is 5.01. The zero-order valence-electron chi connectivity index (χ0n) is 24.2. The Hall–Kier alpha value is -3.70. The van der Waals surface area contributed by atoms with E-state index in [1.54, 1.807) is 27.7 Å². The first-order valence-electron chi connectivity index (χ1n) is 13.3. The van der Waals surface area contributed by atoms with Crippen LogP contribution in [0.4, 0.5) is 15.8 Å². The van der Waals surface area contributed by atoms with Crippen LogP contribution in [0.3, 0.4) is 0 Å². The van der Waals surface area contributed by atoms with E-state index in [0.29, 0.717) is 63.7 Å². The molecule has 0 aliphatic carbocycles. The van der Waals surface area contributed by atoms with E-state index >= 15 is 0 Å². The summed E-state index contributed by atoms with van der Waals surface area (Å²) in [5.74, 6) is -1.09. The van der Waals surface area contributed by atoms with Gasteiger partial charge in [-0.1, -0.05) is 6.07 Å². The van der Waals surface area contributed by atoms with Crippen molar-refractivity contribution < 1.29 is 32.2 Å². The van der Waals surface area contributed by atoms with Crippen LogP contribution in [0.1, 0.15) is 54.7 Å². The van der Waals surface area contributed by atoms with Crippen molar-refractivity contribution in [1.29, 1.82) is 0 Å². The van der Waals surface area contributed by atoms with E-state index < -0.39 is 33.5 Å². The number of carboxylic acids is 1. The minimum atomic E-state index is -3.86. The molecule has 41 heavy (non-hydrogen) atoms. The van der Waals surface area contributed by atoms with Crippen LogP contribution in [0.15, 0.2) is 24.4 Å². The number of fused-ring (bicyclic) bond motifs is 4. The smallest absolute Gasteiger partial charge is 0.337 e. The minimum Gasteiger partial charge on any atom is -0.490 e. The quantitative estimate of drug-likeness (QED) is 0.404. The number of anilines is 2. The Morgan fingerprint density at radius 3 is 2.51 bits per heavy atom. The normalized spacial score (nSPS) is 15.3. The highest BCUT2D eigenvalue weighted by Gasteiger charge is 2.39. The molecule has 0 amide bonds. The number of pyridine rings is 1. The molecular formula is C30H34FN3O6S. The second kappa shape index (κ2) is 9.99. The third-order valence-corrected chi connectivity index (χ3v) is 8.58. The molecule has 9 nitrogen and oxygen atoms in total. The van der Waals surface area contributed by atoms with E-state index in [-0.39, 0.29) is 6.54 Å². The summed E-state index contributed by atoms with van der Waals surface area (Å²) in [6.07, 6.45) is 0.767. The van der Waals surface area contributed by atoms with Crippen LogP contribution < -0.4 is 14.4 Å². The summed E-state index contributed by atoms with van der Waals surface area (Å²) in [5.41, 5.74) is 5.23. The summed E-state index contributed by atoms with van der Waals surface area (Å²) >= 11 is 0. The number of aliphatic carboxylic acids is 1. The fourth-order valence-corrected chi connectivity index (χ4v) is 6.78. The molecule has 0 spiro atoms. The lowest BCUT2D eigenvalue weighted by atomic mass is 9.80. The predicted molar refractivity (Wildman–Crippen MR) is 156 cm³/mol. The molecule has 1 aromatic heterocycles. The maximum absolute atomic E-state index is 14.3. The summed E-state index contributed by atoms with van der Waals surface area (Å²) in [6.45, 7) is 11.8. The van der Waals surface area contributed by atoms with Crippen LogP contribution in [0.5, 0.6) is 5.75 Å². The topological polar surface area (TPSA) is 118 Å². The van der Waals surface area contributed by atoms with Gasteiger partial charge in [-0.25, -0.2) is 17.6 Å². The highest BCUT2D eigenvalue weighted by molar-refractivity contribution is 7.92. The number of rotatable bonds is 5. The Morgan fingerprint density at radius 1 is 1.17 bits per heavy atom. The molecular weight excluding hydrogens is 549 g/mol. The first-order valence-corrected chi connectivity index (χ1v) is 15.2. The summed E-state index contributed by atoms with van der Waals surface area (Å²) in [4.78, 5) is 17.3. The first kappa shape index (κ1) is 28.8. The molecule has 218 valence electrons. The Bertz CT molecular complexity index is 1700. The Balaban J connectivity index is 1.96. The van der Waals surface area contributed by atoms with E-state index in [4.69, 9.17) is 9.47 Å². The number of ether oxygens (including phenoxy) is 2. The van der Waals surface area contributed by atoms with E-state index in [1.165, 1.54) is 10.4 Å². The van der Waals surface area contributed by atoms with Gasteiger partial charge < -0.3 is 19.9 Å². The predicted octanol–water partition coefficient (Wildman–Crippen LogP) is 5.50. The monoisotopic (exact) mass is 583 g/mol. The SMILES string of the molecule is Cc1c(-c2c(C)c3c(c(C)c2[C@H](OC(C)(C)C)C(=O)O)N(S(C)(=O)=O)Cc2cc(F)cnc2-3)ccc2c1NCCO2. The molecule has 1 atom stereocenters. The Kier molecular flexibility index (Phi) is 7.02. The fraction of sp³-hybridized carbons (Fsp3) is 0.400. The van der Waals surface area contributed by atoms with Crippen LogP contribution in [0.2, 0.25) is 0 Å². The number of carboxylic acid groups (broad SMARTS) is 1. The number of nitrogens with zero attached hydrogens (tertiary/aromatic N) is 2. The number of halogens is 1. The van der Waals surface area contributed by atoms with Gasteiger partial charge in [0.2, 0.25) is 10.0 Å². The zero-order valence-corrected chi connectivity index (χ0v) is 25.0. The highest BCUT2D eigenvalue weighted by Crippen LogP contribution is 2.52. The van der Waals surface area contributed by atoms with E-state index in [9.17, 15) is 22.7 Å². The third-order valence-electron chi connectivity index (χ3n) is 7.46. The molecule has 0 radical (unpaired) electrons. The standard InChI is InChI=1S/C30H34FN3O6S/c1-15-20(8-9-21-25(15)32-10-11-39-21)22-16(2)24-26-18(12-19(31)13-33-26)14-34(41(7,37)38)27(24)17(3)23(22)28(29(35)36)40-30(4,5)6/h8-9,12-13,28,32H,10-11,14H2,1-7H3,(H,35,36)/t28-/m0/s1. The maximum atomic E-state index is 14.3. The van der Waals surface area contributed by atoms with Crippen LogP contribution in [0, 0.1) is 26.6 Å². The number of nitrogens with one attached hydrogen (secondary N) is 1. The molecule has 2 N–H and O–H groups in total. The molecule has 11 heteroatoms. The van der Waals surface area contributed by atoms with Gasteiger partial charge in [0, 0.05) is 23.2 Å². The Labute approximate surface area is 239 Å². The number of sulfonamides is 1. The van der Waals surface area contributed by atoms with Gasteiger partial charge in [-0.3, -0.25) is 9.29 Å². The fourth-order valence-electron chi connectivity index (χ4n) is 5.85. The maximum Gasteiger partial charge on any atom is 0.337 e. The lowest BCUT2D eigenvalue weighted by molar-refractivity contribution is -0.160. The molecule has 0 saturated carbocycles. The number of benzene rings is 2. The number of hydrogen-bond donors (Lipinski definition) is 2. The molecule has 2 aliphatic heterocycles. The average molecular weight is 584 g/mol. The van der Waals surface area contributed by atoms with Gasteiger partial charge in [0.05, 0.1) is 41.7 Å². The van der Waals surface area contributed by atoms with Crippen molar-refractivity contribution in [3.05, 3.63) is 58.0 Å². The van der Waals surface area contributed by atoms with Gasteiger partial charge in [-0.15, -0.1) is 0 Å². The van der Waals surface area contributed by atoms with Gasteiger partial charge in [0.15, 0.2) is 6.10 Å². The van der Waals surface area contributed by atoms with Gasteiger partial charge in [0.25, 0.3) is 0 Å². The van der Waals surface area contributed by atoms with Gasteiger partial charge in [-0.2, -0.15) is 0 Å². The zero-order chi connectivity index (χ0) is 30.0. The van der Waals surface area contributed by atoms with Crippen LogP contribution in [-0.4, -0.2) is 49.5 Å². The summed E-state index contributed by atoms with van der Waals surface area (Å²) in [6, 6.07) is 5.01. The van der Waals surface area contributed by atoms with Crippen molar-refractivity contribution in [2.24, 2.45) is 0 Å². The van der Waals surface area contributed by atoms with Crippen molar-refractivity contribution in [3.8, 4) is 28.1 Å². The summed E-state index contributed by atoms with van der Waals surface area (Å²) in [5, 5.41) is 13.9. The first-order chi connectivity index (χ1) is 19.1. The summed E-state index contributed by atoms with van der Waals surface area (Å²) in [7, 11) is -3.86. The number of aromatic nitrogens is 1. The molecule has 5 rings (SSSR count). The Morgan fingerprint density at radius 2 is 1.88 bits per heavy atom. The van der Waals surface area contributed by atoms with E-state index in [1.807, 2.05) is 26.0 Å². The van der Waals surface area contributed by atoms with Gasteiger partial charge in [0.1, 0.15) is 18.2 Å². The molecule has 0 saturated heterocycles. The van der Waals surface area contributed by atoms with Gasteiger partial charge >= 0.3 is 5.97 Å². The second-order valence-electron chi connectivity index (χ2n) is 11.5. The molecule has 0 fully saturated rings. The minimum absolute atomic E-state index is 0.137. The lowest BCUT2D eigenvalue weighted by Crippen LogP contribution is -2.35. The molecule has 3 heterocycles. The van der Waals surface area contributed by atoms with Crippen LogP contribution in [-0.2, 0) is 26.1 Å². The van der Waals surface area contributed by atoms with Crippen LogP contribution in [0.25, 0.3) is 22.4 Å². The highest BCUT2D eigenvalue weighted by atomic mass is 32.2. The number of carbonyl (C=O) groups is 1. The van der Waals surface area contributed by atoms with Crippen LogP contribution >= 0.6 is 0 Å². The van der Waals surface area contributed by atoms with Crippen molar-refractivity contribution in [2.45, 2.75) is 59.8 Å². The van der Waals surface area contributed by atoms with Crippen molar-refractivity contribution in [3.63, 3.8) is 0 Å². The molecule has 3 aromatic rings. The van der Waals surface area contributed by atoms with E-state index in [2.05, 4.69) is 10.3 Å². The summed E-state index contributed by atoms with van der Waals surface area (Å²) < 4.78 is 53.8. The van der Waals surface area contributed by atoms with Crippen molar-refractivity contribution >= 4 is 27.4 Å². The molecule has 0 unspecified atom stereocenters. The molecule has 2 aliphatic rings. The average Bonchev–Trinajstić information content (AvgIpc) is 2.88. The van der Waals surface area contributed by atoms with Gasteiger partial charge in [-0.05, 0) is 81.5 Å². The molecule has 2 aromatic carbocycles. The lowest BCUT2D eigenvalue weighted by Gasteiger charge is -2.37. The number of hydrogen-bond acceptors (Lipinski definition) is 7. The second-order valence-corrected chi connectivity index (χ2v) is 13.4. The molecule has 0 bridgehead atoms.